The Morgan fingerprint density at radius 3 is 2.80 bits per heavy atom. The van der Waals surface area contributed by atoms with Crippen LogP contribution in [0.15, 0.2) is 36.7 Å². The number of carboxylic acid groups (broad SMARTS) is 1. The van der Waals surface area contributed by atoms with Gasteiger partial charge >= 0.3 is 5.97 Å². The lowest BCUT2D eigenvalue weighted by molar-refractivity contribution is 0.0696. The molecule has 2 rings (SSSR count). The summed E-state index contributed by atoms with van der Waals surface area (Å²) in [5.41, 5.74) is 1.82. The van der Waals surface area contributed by atoms with Crippen molar-refractivity contribution in [1.82, 2.24) is 9.78 Å². The summed E-state index contributed by atoms with van der Waals surface area (Å²) in [6.07, 6.45) is 3.45. The minimum atomic E-state index is -0.915. The lowest BCUT2D eigenvalue weighted by atomic mass is 10.1. The highest BCUT2D eigenvalue weighted by molar-refractivity contribution is 5.90. The summed E-state index contributed by atoms with van der Waals surface area (Å²) in [5.74, 6) is -0.915. The van der Waals surface area contributed by atoms with E-state index >= 15 is 0 Å². The van der Waals surface area contributed by atoms with Gasteiger partial charge in [-0.05, 0) is 30.7 Å². The molecule has 4 nitrogen and oxygen atoms in total. The summed E-state index contributed by atoms with van der Waals surface area (Å²) in [6, 6.07) is 6.94. The minimum absolute atomic E-state index is 0.308. The van der Waals surface area contributed by atoms with E-state index in [1.54, 1.807) is 42.2 Å². The average Bonchev–Trinajstić information content (AvgIpc) is 2.70. The van der Waals surface area contributed by atoms with Gasteiger partial charge in [-0.3, -0.25) is 0 Å². The molecule has 0 amide bonds. The molecule has 0 unspecified atom stereocenters. The largest absolute Gasteiger partial charge is 0.478 e. The summed E-state index contributed by atoms with van der Waals surface area (Å²) >= 11 is 0. The monoisotopic (exact) mass is 202 g/mol. The lowest BCUT2D eigenvalue weighted by Gasteiger charge is -2.07. The second kappa shape index (κ2) is 3.57. The van der Waals surface area contributed by atoms with Gasteiger partial charge in [-0.15, -0.1) is 0 Å². The van der Waals surface area contributed by atoms with E-state index in [1.165, 1.54) is 0 Å². The van der Waals surface area contributed by atoms with Crippen molar-refractivity contribution in [2.45, 2.75) is 6.92 Å². The number of hydrogen-bond acceptors (Lipinski definition) is 2. The van der Waals surface area contributed by atoms with Crippen LogP contribution in [0.4, 0.5) is 0 Å². The molecule has 4 heteroatoms. The minimum Gasteiger partial charge on any atom is -0.478 e. The van der Waals surface area contributed by atoms with Gasteiger partial charge in [-0.1, -0.05) is 6.07 Å². The summed E-state index contributed by atoms with van der Waals surface area (Å²) in [7, 11) is 0. The third-order valence-corrected chi connectivity index (χ3v) is 2.29. The van der Waals surface area contributed by atoms with E-state index < -0.39 is 5.97 Å². The van der Waals surface area contributed by atoms with Crippen molar-refractivity contribution in [3.63, 3.8) is 0 Å². The number of benzene rings is 1. The van der Waals surface area contributed by atoms with E-state index in [4.69, 9.17) is 5.11 Å². The number of nitrogens with zero attached hydrogens (tertiary/aromatic N) is 2. The van der Waals surface area contributed by atoms with Crippen molar-refractivity contribution in [2.75, 3.05) is 0 Å². The quantitative estimate of drug-likeness (QED) is 0.808. The number of hydrogen-bond donors (Lipinski definition) is 1. The van der Waals surface area contributed by atoms with Gasteiger partial charge in [-0.2, -0.15) is 5.10 Å². The molecule has 0 saturated carbocycles. The molecular formula is C11H10N2O2. The zero-order chi connectivity index (χ0) is 10.8. The van der Waals surface area contributed by atoms with Crippen molar-refractivity contribution in [2.24, 2.45) is 0 Å². The Kier molecular flexibility index (Phi) is 2.25. The maximum Gasteiger partial charge on any atom is 0.336 e. The SMILES string of the molecule is Cc1c(C(=O)O)cccc1-n1cccn1. The molecule has 0 spiro atoms. The second-order valence-corrected chi connectivity index (χ2v) is 3.21. The van der Waals surface area contributed by atoms with E-state index in [9.17, 15) is 4.79 Å². The molecule has 1 aromatic heterocycles. The van der Waals surface area contributed by atoms with Gasteiger partial charge in [0, 0.05) is 12.4 Å². The molecule has 1 aromatic carbocycles. The third kappa shape index (κ3) is 1.61. The van der Waals surface area contributed by atoms with Crippen LogP contribution in [-0.2, 0) is 0 Å². The molecule has 0 saturated heterocycles. The van der Waals surface area contributed by atoms with E-state index in [1.807, 2.05) is 6.07 Å². The number of carboxylic acids is 1. The van der Waals surface area contributed by atoms with Gasteiger partial charge in [0.1, 0.15) is 0 Å². The Morgan fingerprint density at radius 2 is 2.20 bits per heavy atom. The molecule has 1 N–H and O–H groups in total. The molecule has 15 heavy (non-hydrogen) atoms. The smallest absolute Gasteiger partial charge is 0.336 e. The van der Waals surface area contributed by atoms with Crippen LogP contribution < -0.4 is 0 Å². The molecular weight excluding hydrogens is 192 g/mol. The summed E-state index contributed by atoms with van der Waals surface area (Å²) in [4.78, 5) is 10.9. The number of aromatic carboxylic acids is 1. The normalized spacial score (nSPS) is 10.2. The van der Waals surface area contributed by atoms with Crippen LogP contribution in [-0.4, -0.2) is 20.9 Å². The standard InChI is InChI=1S/C11H10N2O2/c1-8-9(11(14)15)4-2-5-10(8)13-7-3-6-12-13/h2-7H,1H3,(H,14,15). The van der Waals surface area contributed by atoms with Gasteiger partial charge in [0.15, 0.2) is 0 Å². The zero-order valence-electron chi connectivity index (χ0n) is 8.21. The van der Waals surface area contributed by atoms with Gasteiger partial charge in [0.25, 0.3) is 0 Å². The van der Waals surface area contributed by atoms with Crippen LogP contribution in [0.1, 0.15) is 15.9 Å². The summed E-state index contributed by atoms with van der Waals surface area (Å²) in [6.45, 7) is 1.78. The highest BCUT2D eigenvalue weighted by atomic mass is 16.4. The van der Waals surface area contributed by atoms with E-state index in [0.29, 0.717) is 11.1 Å². The fourth-order valence-corrected chi connectivity index (χ4v) is 1.51. The fourth-order valence-electron chi connectivity index (χ4n) is 1.51. The van der Waals surface area contributed by atoms with Crippen LogP contribution in [0.3, 0.4) is 0 Å². The highest BCUT2D eigenvalue weighted by Crippen LogP contribution is 2.17. The maximum absolute atomic E-state index is 10.9. The van der Waals surface area contributed by atoms with E-state index in [0.717, 1.165) is 5.69 Å². The Bertz CT molecular complexity index is 489. The van der Waals surface area contributed by atoms with Crippen LogP contribution in [0.5, 0.6) is 0 Å². The summed E-state index contributed by atoms with van der Waals surface area (Å²) < 4.78 is 1.65. The molecule has 0 fully saturated rings. The number of carbonyl (C=O) groups is 1. The molecule has 1 heterocycles. The molecule has 0 aliphatic heterocycles. The van der Waals surface area contributed by atoms with Gasteiger partial charge in [-0.25, -0.2) is 9.48 Å². The Morgan fingerprint density at radius 1 is 1.40 bits per heavy atom. The molecule has 0 radical (unpaired) electrons. The highest BCUT2D eigenvalue weighted by Gasteiger charge is 2.10. The van der Waals surface area contributed by atoms with Crippen molar-refractivity contribution in [3.05, 3.63) is 47.8 Å². The molecule has 0 atom stereocenters. The first kappa shape index (κ1) is 9.45. The zero-order valence-corrected chi connectivity index (χ0v) is 8.21. The van der Waals surface area contributed by atoms with Crippen LogP contribution in [0, 0.1) is 6.92 Å². The molecule has 2 aromatic rings. The van der Waals surface area contributed by atoms with Crippen molar-refractivity contribution in [1.29, 1.82) is 0 Å². The van der Waals surface area contributed by atoms with E-state index in [2.05, 4.69) is 5.10 Å². The lowest BCUT2D eigenvalue weighted by Crippen LogP contribution is -2.04. The van der Waals surface area contributed by atoms with Gasteiger partial charge < -0.3 is 5.11 Å². The Balaban J connectivity index is 2.59. The van der Waals surface area contributed by atoms with Crippen molar-refractivity contribution < 1.29 is 9.90 Å². The fraction of sp³-hybridized carbons (Fsp3) is 0.0909. The summed E-state index contributed by atoms with van der Waals surface area (Å²) in [5, 5.41) is 13.0. The predicted molar refractivity (Wildman–Crippen MR) is 55.3 cm³/mol. The number of rotatable bonds is 2. The van der Waals surface area contributed by atoms with Crippen molar-refractivity contribution >= 4 is 5.97 Å². The topological polar surface area (TPSA) is 55.1 Å². The molecule has 76 valence electrons. The predicted octanol–water partition coefficient (Wildman–Crippen LogP) is 1.88. The Hall–Kier alpha value is -2.10. The van der Waals surface area contributed by atoms with Gasteiger partial charge in [0.2, 0.25) is 0 Å². The molecule has 0 aliphatic carbocycles. The van der Waals surface area contributed by atoms with Crippen LogP contribution in [0.25, 0.3) is 5.69 Å². The van der Waals surface area contributed by atoms with E-state index in [-0.39, 0.29) is 0 Å². The first-order chi connectivity index (χ1) is 7.20. The number of aromatic nitrogens is 2. The van der Waals surface area contributed by atoms with Gasteiger partial charge in [0.05, 0.1) is 11.3 Å². The first-order valence-electron chi connectivity index (χ1n) is 4.53. The molecule has 0 aliphatic rings. The van der Waals surface area contributed by atoms with Crippen LogP contribution >= 0.6 is 0 Å². The average molecular weight is 202 g/mol. The molecule has 0 bridgehead atoms. The maximum atomic E-state index is 10.9. The Labute approximate surface area is 86.8 Å². The third-order valence-electron chi connectivity index (χ3n) is 2.29. The van der Waals surface area contributed by atoms with Crippen LogP contribution in [0.2, 0.25) is 0 Å². The first-order valence-corrected chi connectivity index (χ1v) is 4.53. The van der Waals surface area contributed by atoms with Crippen molar-refractivity contribution in [3.8, 4) is 5.69 Å². The second-order valence-electron chi connectivity index (χ2n) is 3.21.